The van der Waals surface area contributed by atoms with Gasteiger partial charge < -0.3 is 15.7 Å². The second-order valence-electron chi connectivity index (χ2n) is 13.1. The highest BCUT2D eigenvalue weighted by atomic mass is 16.3. The van der Waals surface area contributed by atoms with E-state index in [1.807, 2.05) is 38.1 Å². The number of nitrogens with zero attached hydrogens (tertiary/aromatic N) is 4. The third-order valence-corrected chi connectivity index (χ3v) is 8.14. The number of aliphatic hydroxyl groups is 1. The number of pyridine rings is 1. The van der Waals surface area contributed by atoms with Gasteiger partial charge in [0.1, 0.15) is 0 Å². The molecule has 0 radical (unpaired) electrons. The van der Waals surface area contributed by atoms with Gasteiger partial charge in [0.05, 0.1) is 35.6 Å². The molecule has 0 saturated carbocycles. The van der Waals surface area contributed by atoms with Gasteiger partial charge in [-0.3, -0.25) is 24.2 Å². The lowest BCUT2D eigenvalue weighted by molar-refractivity contribution is -0.116. The van der Waals surface area contributed by atoms with Gasteiger partial charge >= 0.3 is 0 Å². The van der Waals surface area contributed by atoms with Crippen LogP contribution in [0.4, 0.5) is 11.4 Å². The van der Waals surface area contributed by atoms with Gasteiger partial charge in [0.15, 0.2) is 0 Å². The molecular formula is C42H72N6O3. The second-order valence-corrected chi connectivity index (χ2v) is 13.1. The van der Waals surface area contributed by atoms with Crippen molar-refractivity contribution in [1.29, 1.82) is 0 Å². The molecule has 9 nitrogen and oxygen atoms in total. The molecule has 2 amide bonds. The summed E-state index contributed by atoms with van der Waals surface area (Å²) in [4.78, 5) is 31.1. The van der Waals surface area contributed by atoms with Crippen molar-refractivity contribution < 1.29 is 14.7 Å². The molecule has 288 valence electrons. The van der Waals surface area contributed by atoms with Crippen LogP contribution in [-0.4, -0.2) is 50.5 Å². The third kappa shape index (κ3) is 24.9. The average molecular weight is 709 g/mol. The monoisotopic (exact) mass is 709 g/mol. The minimum Gasteiger partial charge on any atom is -0.393 e. The lowest BCUT2D eigenvalue weighted by Crippen LogP contribution is -2.14. The van der Waals surface area contributed by atoms with Crippen molar-refractivity contribution in [2.24, 2.45) is 23.9 Å². The number of carbonyl (C=O) groups is 2. The highest BCUT2D eigenvalue weighted by Gasteiger charge is 2.09. The average Bonchev–Trinajstić information content (AvgIpc) is 3.56. The maximum Gasteiger partial charge on any atom is 0.250 e. The van der Waals surface area contributed by atoms with Gasteiger partial charge in [0, 0.05) is 43.6 Å². The van der Waals surface area contributed by atoms with Crippen molar-refractivity contribution in [3.63, 3.8) is 0 Å². The van der Waals surface area contributed by atoms with Crippen LogP contribution < -0.4 is 10.6 Å². The minimum atomic E-state index is -0.265. The van der Waals surface area contributed by atoms with Crippen LogP contribution in [0.2, 0.25) is 0 Å². The number of amides is 2. The van der Waals surface area contributed by atoms with Crippen LogP contribution in [0.15, 0.2) is 60.0 Å². The number of aryl methyl sites for hydroxylation is 2. The van der Waals surface area contributed by atoms with E-state index < -0.39 is 0 Å². The fourth-order valence-electron chi connectivity index (χ4n) is 3.86. The summed E-state index contributed by atoms with van der Waals surface area (Å²) in [6.45, 7) is 26.1. The van der Waals surface area contributed by atoms with Crippen LogP contribution in [0.25, 0.3) is 5.57 Å². The maximum atomic E-state index is 11.5. The van der Waals surface area contributed by atoms with E-state index >= 15 is 0 Å². The molecule has 9 heteroatoms. The number of hydrogen-bond donors (Lipinski definition) is 3. The van der Waals surface area contributed by atoms with Crippen molar-refractivity contribution in [3.05, 3.63) is 66.3 Å². The SMILES string of the molecule is C=C(C)C(=O)Nc1cc(NC(=O)CC)cnc1C.CCC(C)/C=C\C(=C/C(C)=NC)c1cnn(C)c1.CCCC.CCCC(O)CCC(C)CC. The molecule has 2 heterocycles. The van der Waals surface area contributed by atoms with Crippen molar-refractivity contribution in [3.8, 4) is 0 Å². The topological polar surface area (TPSA) is 122 Å². The Kier molecular flexibility index (Phi) is 28.8. The molecule has 2 aromatic rings. The van der Waals surface area contributed by atoms with Crippen LogP contribution in [0.5, 0.6) is 0 Å². The zero-order chi connectivity index (χ0) is 39.4. The maximum absolute atomic E-state index is 11.5. The molecule has 0 aliphatic carbocycles. The van der Waals surface area contributed by atoms with Gasteiger partial charge in [-0.1, -0.05) is 106 Å². The highest BCUT2D eigenvalue weighted by Crippen LogP contribution is 2.19. The van der Waals surface area contributed by atoms with E-state index in [4.69, 9.17) is 0 Å². The summed E-state index contributed by atoms with van der Waals surface area (Å²) < 4.78 is 1.82. The third-order valence-electron chi connectivity index (χ3n) is 8.14. The summed E-state index contributed by atoms with van der Waals surface area (Å²) in [5, 5.41) is 19.0. The number of unbranched alkanes of at least 4 members (excludes halogenated alkanes) is 1. The molecule has 0 bridgehead atoms. The Labute approximate surface area is 311 Å². The Balaban J connectivity index is 0. The predicted octanol–water partition coefficient (Wildman–Crippen LogP) is 10.5. The summed E-state index contributed by atoms with van der Waals surface area (Å²) >= 11 is 0. The molecule has 0 fully saturated rings. The minimum absolute atomic E-state index is 0.0472. The Morgan fingerprint density at radius 1 is 0.980 bits per heavy atom. The summed E-state index contributed by atoms with van der Waals surface area (Å²) in [6, 6.07) is 1.68. The number of aliphatic hydroxyl groups excluding tert-OH is 1. The van der Waals surface area contributed by atoms with E-state index in [2.05, 4.69) is 99.0 Å². The van der Waals surface area contributed by atoms with E-state index in [-0.39, 0.29) is 17.9 Å². The predicted molar refractivity (Wildman–Crippen MR) is 220 cm³/mol. The van der Waals surface area contributed by atoms with Crippen molar-refractivity contribution in [2.75, 3.05) is 17.7 Å². The molecule has 0 spiro atoms. The van der Waals surface area contributed by atoms with E-state index in [1.54, 1.807) is 33.0 Å². The molecule has 2 rings (SSSR count). The smallest absolute Gasteiger partial charge is 0.250 e. The van der Waals surface area contributed by atoms with E-state index in [9.17, 15) is 14.7 Å². The van der Waals surface area contributed by atoms with Gasteiger partial charge in [0.25, 0.3) is 5.91 Å². The summed E-state index contributed by atoms with van der Waals surface area (Å²) in [5.41, 5.74) is 5.52. The molecule has 3 atom stereocenters. The fraction of sp³-hybridized carbons (Fsp3) is 0.595. The summed E-state index contributed by atoms with van der Waals surface area (Å²) in [7, 11) is 3.74. The molecule has 0 saturated heterocycles. The van der Waals surface area contributed by atoms with Crippen molar-refractivity contribution in [1.82, 2.24) is 14.8 Å². The lowest BCUT2D eigenvalue weighted by Gasteiger charge is -2.12. The lowest BCUT2D eigenvalue weighted by atomic mass is 9.99. The second kappa shape index (κ2) is 29.8. The number of allylic oxidation sites excluding steroid dienone is 4. The number of rotatable bonds is 16. The van der Waals surface area contributed by atoms with Crippen LogP contribution in [0.3, 0.4) is 0 Å². The fourth-order valence-corrected chi connectivity index (χ4v) is 3.86. The molecule has 3 N–H and O–H groups in total. The van der Waals surface area contributed by atoms with E-state index in [0.717, 1.165) is 48.4 Å². The first-order chi connectivity index (χ1) is 24.1. The zero-order valence-corrected chi connectivity index (χ0v) is 34.4. The van der Waals surface area contributed by atoms with Crippen LogP contribution >= 0.6 is 0 Å². The molecule has 3 unspecified atom stereocenters. The number of anilines is 2. The largest absolute Gasteiger partial charge is 0.393 e. The quantitative estimate of drug-likeness (QED) is 0.0910. The Morgan fingerprint density at radius 3 is 2.10 bits per heavy atom. The Bertz CT molecular complexity index is 1360. The summed E-state index contributed by atoms with van der Waals surface area (Å²) in [5.74, 6) is 1.00. The molecule has 0 aliphatic heterocycles. The zero-order valence-electron chi connectivity index (χ0n) is 34.4. The van der Waals surface area contributed by atoms with E-state index in [1.165, 1.54) is 25.7 Å². The van der Waals surface area contributed by atoms with Crippen LogP contribution in [0, 0.1) is 18.8 Å². The first-order valence-electron chi connectivity index (χ1n) is 18.9. The number of carbonyl (C=O) groups excluding carboxylic acids is 2. The van der Waals surface area contributed by atoms with Crippen molar-refractivity contribution >= 4 is 34.5 Å². The van der Waals surface area contributed by atoms with E-state index in [0.29, 0.717) is 35.0 Å². The Hall–Kier alpha value is -3.85. The normalized spacial score (nSPS) is 13.0. The first kappa shape index (κ1) is 49.3. The molecule has 51 heavy (non-hydrogen) atoms. The highest BCUT2D eigenvalue weighted by molar-refractivity contribution is 6.03. The van der Waals surface area contributed by atoms with Crippen LogP contribution in [-0.2, 0) is 16.6 Å². The van der Waals surface area contributed by atoms with Gasteiger partial charge in [-0.2, -0.15) is 5.10 Å². The standard InChI is InChI=1S/C15H23N3.C13H17N3O2.C10H22O.C4H10/c1-6-12(2)7-8-14(9-13(3)16-4)15-10-17-18(5)11-15;1-5-12(17)15-10-6-11(9(4)14-7-10)16-13(18)8(2)3;1-4-6-10(11)8-7-9(3)5-2;1-3-4-2/h7-12H,6H2,1-5H3;6-7H,2,5H2,1,3-4H3,(H,15,17)(H,16,18);9-11H,4-8H2,1-3H3;3-4H2,1-2H3/b8-7-,14-9+,16-13?;;;. The number of aromatic nitrogens is 3. The molecular weight excluding hydrogens is 637 g/mol. The number of aliphatic imine (C=N–C) groups is 1. The molecule has 2 aromatic heterocycles. The number of hydrogen-bond acceptors (Lipinski definition) is 6. The van der Waals surface area contributed by atoms with Gasteiger partial charge in [-0.25, -0.2) is 0 Å². The first-order valence-corrected chi connectivity index (χ1v) is 18.9. The van der Waals surface area contributed by atoms with Gasteiger partial charge in [-0.15, -0.1) is 0 Å². The number of nitrogens with one attached hydrogen (secondary N) is 2. The summed E-state index contributed by atoms with van der Waals surface area (Å²) in [6.07, 6.45) is 21.6. The van der Waals surface area contributed by atoms with Gasteiger partial charge in [-0.05, 0) is 69.6 Å². The Morgan fingerprint density at radius 2 is 1.63 bits per heavy atom. The van der Waals surface area contributed by atoms with Gasteiger partial charge in [0.2, 0.25) is 5.91 Å². The van der Waals surface area contributed by atoms with Crippen molar-refractivity contribution in [2.45, 2.75) is 140 Å². The van der Waals surface area contributed by atoms with Crippen LogP contribution in [0.1, 0.15) is 138 Å². The molecule has 0 aromatic carbocycles. The molecule has 0 aliphatic rings.